The van der Waals surface area contributed by atoms with Crippen molar-refractivity contribution in [1.29, 1.82) is 0 Å². The predicted molar refractivity (Wildman–Crippen MR) is 119 cm³/mol. The lowest BCUT2D eigenvalue weighted by molar-refractivity contribution is -0.145. The molecule has 0 radical (unpaired) electrons. The van der Waals surface area contributed by atoms with E-state index in [9.17, 15) is 14.4 Å². The molecule has 32 heavy (non-hydrogen) atoms. The Kier molecular flexibility index (Phi) is 9.69. The second-order valence-corrected chi connectivity index (χ2v) is 8.05. The summed E-state index contributed by atoms with van der Waals surface area (Å²) in [6.07, 6.45) is -0.766. The largest absolute Gasteiger partial charge is 0.460 e. The van der Waals surface area contributed by atoms with Gasteiger partial charge >= 0.3 is 12.1 Å². The van der Waals surface area contributed by atoms with Crippen LogP contribution >= 0.6 is 0 Å². The van der Waals surface area contributed by atoms with Gasteiger partial charge in [0.05, 0.1) is 12.2 Å². The maximum Gasteiger partial charge on any atom is 0.408 e. The van der Waals surface area contributed by atoms with E-state index in [2.05, 4.69) is 10.6 Å². The van der Waals surface area contributed by atoms with Crippen LogP contribution in [0.25, 0.3) is 0 Å². The highest BCUT2D eigenvalue weighted by Crippen LogP contribution is 2.08. The van der Waals surface area contributed by atoms with Crippen LogP contribution in [0.5, 0.6) is 0 Å². The Hall–Kier alpha value is -3.39. The molecule has 0 aromatic heterocycles. The highest BCUT2D eigenvalue weighted by atomic mass is 16.6. The second kappa shape index (κ2) is 12.5. The maximum absolute atomic E-state index is 12.6. The van der Waals surface area contributed by atoms with Crippen molar-refractivity contribution in [1.82, 2.24) is 10.6 Å². The van der Waals surface area contributed by atoms with E-state index in [-0.39, 0.29) is 26.4 Å². The minimum atomic E-state index is -1.04. The summed E-state index contributed by atoms with van der Waals surface area (Å²) in [6.45, 7) is 5.24. The summed E-state index contributed by atoms with van der Waals surface area (Å²) >= 11 is 0. The van der Waals surface area contributed by atoms with Crippen molar-refractivity contribution in [3.8, 4) is 0 Å². The van der Waals surface area contributed by atoms with E-state index in [1.807, 2.05) is 81.4 Å². The summed E-state index contributed by atoms with van der Waals surface area (Å²) in [7, 11) is 0. The lowest BCUT2D eigenvalue weighted by Crippen LogP contribution is -2.51. The zero-order chi connectivity index (χ0) is 23.4. The number of carbonyl (C=O) groups excluding carboxylic acids is 3. The molecule has 0 saturated carbocycles. The van der Waals surface area contributed by atoms with Crippen LogP contribution in [-0.4, -0.2) is 42.8 Å². The molecule has 8 heteroatoms. The molecule has 0 aliphatic carbocycles. The number of hydrogen-bond donors (Lipinski definition) is 2. The molecule has 0 heterocycles. The number of carbonyl (C=O) groups is 3. The summed E-state index contributed by atoms with van der Waals surface area (Å²) < 4.78 is 16.0. The first-order chi connectivity index (χ1) is 15.2. The standard InChI is InChI=1S/C24H30N2O6/c1-24(2,3)32-17-20(26-23(29)31-16-19-12-8-5-9-13-19)22(28)25-14-21(27)30-15-18-10-6-4-7-11-18/h4-13,20H,14-17H2,1-3H3,(H,25,28)(H,26,29)/t20-/m0/s1. The lowest BCUT2D eigenvalue weighted by atomic mass is 10.2. The minimum Gasteiger partial charge on any atom is -0.460 e. The molecule has 0 bridgehead atoms. The molecule has 172 valence electrons. The van der Waals surface area contributed by atoms with E-state index in [1.54, 1.807) is 0 Å². The van der Waals surface area contributed by atoms with Crippen LogP contribution in [0.1, 0.15) is 31.9 Å². The van der Waals surface area contributed by atoms with E-state index in [0.29, 0.717) is 0 Å². The zero-order valence-corrected chi connectivity index (χ0v) is 18.6. The van der Waals surface area contributed by atoms with Gasteiger partial charge in [-0.1, -0.05) is 60.7 Å². The normalized spacial score (nSPS) is 11.8. The smallest absolute Gasteiger partial charge is 0.408 e. The number of alkyl carbamates (subject to hydrolysis) is 1. The van der Waals surface area contributed by atoms with Crippen LogP contribution in [0.2, 0.25) is 0 Å². The van der Waals surface area contributed by atoms with Gasteiger partial charge in [0.15, 0.2) is 0 Å². The van der Waals surface area contributed by atoms with Gasteiger partial charge in [-0.05, 0) is 31.9 Å². The average Bonchev–Trinajstić information content (AvgIpc) is 2.78. The first-order valence-electron chi connectivity index (χ1n) is 10.3. The molecule has 0 spiro atoms. The van der Waals surface area contributed by atoms with Gasteiger partial charge in [0.1, 0.15) is 25.8 Å². The number of nitrogens with one attached hydrogen (secondary N) is 2. The topological polar surface area (TPSA) is 103 Å². The van der Waals surface area contributed by atoms with Crippen LogP contribution in [-0.2, 0) is 37.0 Å². The molecule has 0 aliphatic rings. The van der Waals surface area contributed by atoms with Crippen molar-refractivity contribution in [2.24, 2.45) is 0 Å². The fraction of sp³-hybridized carbons (Fsp3) is 0.375. The van der Waals surface area contributed by atoms with Gasteiger partial charge in [0.25, 0.3) is 0 Å². The lowest BCUT2D eigenvalue weighted by Gasteiger charge is -2.24. The quantitative estimate of drug-likeness (QED) is 0.549. The Morgan fingerprint density at radius 1 is 0.844 bits per heavy atom. The second-order valence-electron chi connectivity index (χ2n) is 8.05. The van der Waals surface area contributed by atoms with E-state index < -0.39 is 29.6 Å². The van der Waals surface area contributed by atoms with Gasteiger partial charge < -0.3 is 24.8 Å². The molecule has 2 rings (SSSR count). The third-order valence-electron chi connectivity index (χ3n) is 4.15. The van der Waals surface area contributed by atoms with E-state index in [1.165, 1.54) is 0 Å². The van der Waals surface area contributed by atoms with Gasteiger partial charge in [-0.15, -0.1) is 0 Å². The first kappa shape index (κ1) is 24.9. The number of hydrogen-bond acceptors (Lipinski definition) is 6. The zero-order valence-electron chi connectivity index (χ0n) is 18.6. The van der Waals surface area contributed by atoms with Crippen LogP contribution in [0.3, 0.4) is 0 Å². The summed E-state index contributed by atoms with van der Waals surface area (Å²) in [5.74, 6) is -1.17. The van der Waals surface area contributed by atoms with Crippen molar-refractivity contribution in [2.45, 2.75) is 45.6 Å². The van der Waals surface area contributed by atoms with Gasteiger partial charge in [-0.2, -0.15) is 0 Å². The van der Waals surface area contributed by atoms with Crippen molar-refractivity contribution in [3.05, 3.63) is 71.8 Å². The van der Waals surface area contributed by atoms with Gasteiger partial charge in [-0.25, -0.2) is 4.79 Å². The summed E-state index contributed by atoms with van der Waals surface area (Å²) in [6, 6.07) is 17.3. The Morgan fingerprint density at radius 2 is 1.38 bits per heavy atom. The molecule has 8 nitrogen and oxygen atoms in total. The molecule has 2 aromatic carbocycles. The van der Waals surface area contributed by atoms with E-state index >= 15 is 0 Å². The minimum absolute atomic E-state index is 0.0625. The summed E-state index contributed by atoms with van der Waals surface area (Å²) in [4.78, 5) is 36.7. The monoisotopic (exact) mass is 442 g/mol. The first-order valence-corrected chi connectivity index (χ1v) is 10.3. The van der Waals surface area contributed by atoms with Gasteiger partial charge in [-0.3, -0.25) is 9.59 Å². The van der Waals surface area contributed by atoms with E-state index in [0.717, 1.165) is 11.1 Å². The Morgan fingerprint density at radius 3 is 1.91 bits per heavy atom. The number of benzene rings is 2. The number of amides is 2. The van der Waals surface area contributed by atoms with Crippen LogP contribution < -0.4 is 10.6 Å². The molecule has 1 atom stereocenters. The Bertz CT molecular complexity index is 865. The van der Waals surface area contributed by atoms with Crippen LogP contribution in [0.15, 0.2) is 60.7 Å². The van der Waals surface area contributed by atoms with Crippen molar-refractivity contribution < 1.29 is 28.6 Å². The highest BCUT2D eigenvalue weighted by Gasteiger charge is 2.25. The molecule has 0 aliphatic heterocycles. The van der Waals surface area contributed by atoms with Crippen molar-refractivity contribution in [2.75, 3.05) is 13.2 Å². The number of rotatable bonds is 10. The van der Waals surface area contributed by atoms with E-state index in [4.69, 9.17) is 14.2 Å². The third-order valence-corrected chi connectivity index (χ3v) is 4.15. The molecule has 2 amide bonds. The molecular weight excluding hydrogens is 412 g/mol. The number of ether oxygens (including phenoxy) is 3. The Balaban J connectivity index is 1.84. The molecule has 0 unspecified atom stereocenters. The van der Waals surface area contributed by atoms with Crippen LogP contribution in [0, 0.1) is 0 Å². The SMILES string of the molecule is CC(C)(C)OC[C@H](NC(=O)OCc1ccccc1)C(=O)NCC(=O)OCc1ccccc1. The fourth-order valence-corrected chi connectivity index (χ4v) is 2.49. The van der Waals surface area contributed by atoms with Crippen LogP contribution in [0.4, 0.5) is 4.79 Å². The molecular formula is C24H30N2O6. The molecule has 2 N–H and O–H groups in total. The summed E-state index contributed by atoms with van der Waals surface area (Å²) in [5, 5.41) is 4.96. The van der Waals surface area contributed by atoms with Crippen molar-refractivity contribution >= 4 is 18.0 Å². The number of esters is 1. The molecule has 0 saturated heterocycles. The highest BCUT2D eigenvalue weighted by molar-refractivity contribution is 5.88. The average molecular weight is 443 g/mol. The maximum atomic E-state index is 12.6. The fourth-order valence-electron chi connectivity index (χ4n) is 2.49. The van der Waals surface area contributed by atoms with Crippen molar-refractivity contribution in [3.63, 3.8) is 0 Å². The molecule has 2 aromatic rings. The molecule has 0 fully saturated rings. The third kappa shape index (κ3) is 10.1. The van der Waals surface area contributed by atoms with Gasteiger partial charge in [0.2, 0.25) is 5.91 Å². The predicted octanol–water partition coefficient (Wildman–Crippen LogP) is 2.96. The van der Waals surface area contributed by atoms with Gasteiger partial charge in [0, 0.05) is 0 Å². The summed E-state index contributed by atoms with van der Waals surface area (Å²) in [5.41, 5.74) is 1.13. The Labute approximate surface area is 188 Å².